The number of aryl methyl sites for hydroxylation is 3. The monoisotopic (exact) mass is 252 g/mol. The highest BCUT2D eigenvalue weighted by molar-refractivity contribution is 6.07. The topological polar surface area (TPSA) is 37.8 Å². The molecule has 0 fully saturated rings. The van der Waals surface area contributed by atoms with Crippen molar-refractivity contribution in [3.63, 3.8) is 0 Å². The number of fused-ring (bicyclic) bond motifs is 5. The van der Waals surface area contributed by atoms with Crippen molar-refractivity contribution in [2.75, 3.05) is 0 Å². The Bertz CT molecular complexity index is 854. The van der Waals surface area contributed by atoms with Gasteiger partial charge in [-0.2, -0.15) is 0 Å². The number of H-pyrrole nitrogens is 1. The van der Waals surface area contributed by atoms with Crippen molar-refractivity contribution in [1.29, 1.82) is 0 Å². The molecule has 1 aromatic carbocycles. The number of aromatic nitrogens is 2. The van der Waals surface area contributed by atoms with Crippen LogP contribution < -0.4 is 5.56 Å². The second kappa shape index (κ2) is 3.73. The molecule has 3 aromatic rings. The van der Waals surface area contributed by atoms with Crippen LogP contribution in [0.25, 0.3) is 21.8 Å². The average molecular weight is 252 g/mol. The highest BCUT2D eigenvalue weighted by atomic mass is 16.1. The van der Waals surface area contributed by atoms with E-state index in [0.717, 1.165) is 18.4 Å². The zero-order chi connectivity index (χ0) is 13.0. The molecule has 19 heavy (non-hydrogen) atoms. The van der Waals surface area contributed by atoms with E-state index in [1.807, 2.05) is 19.2 Å². The molecule has 2 heterocycles. The molecule has 0 radical (unpaired) electrons. The first-order chi connectivity index (χ1) is 9.25. The molecule has 4 rings (SSSR count). The number of hydrogen-bond acceptors (Lipinski definition) is 1. The van der Waals surface area contributed by atoms with Crippen molar-refractivity contribution in [3.8, 4) is 0 Å². The Morgan fingerprint density at radius 3 is 2.84 bits per heavy atom. The number of nitrogens with zero attached hydrogens (tertiary/aromatic N) is 1. The number of hydrogen-bond donors (Lipinski definition) is 1. The van der Waals surface area contributed by atoms with Gasteiger partial charge >= 0.3 is 0 Å². The van der Waals surface area contributed by atoms with Crippen molar-refractivity contribution < 1.29 is 0 Å². The summed E-state index contributed by atoms with van der Waals surface area (Å²) in [4.78, 5) is 15.3. The normalized spacial score (nSPS) is 15.0. The third kappa shape index (κ3) is 1.41. The number of nitrogens with one attached hydrogen (secondary N) is 1. The lowest BCUT2D eigenvalue weighted by molar-refractivity contribution is 0.680. The van der Waals surface area contributed by atoms with Gasteiger partial charge in [-0.25, -0.2) is 0 Å². The SMILES string of the molecule is Cn1c(=O)ccc2c3c4c([nH]c3ccc21)CCCC4. The molecule has 1 aliphatic rings. The summed E-state index contributed by atoms with van der Waals surface area (Å²) in [6, 6.07) is 7.79. The van der Waals surface area contributed by atoms with Crippen LogP contribution in [0.2, 0.25) is 0 Å². The Morgan fingerprint density at radius 1 is 1.11 bits per heavy atom. The zero-order valence-corrected chi connectivity index (χ0v) is 11.0. The van der Waals surface area contributed by atoms with Crippen molar-refractivity contribution >= 4 is 21.8 Å². The fourth-order valence-corrected chi connectivity index (χ4v) is 3.37. The van der Waals surface area contributed by atoms with Gasteiger partial charge in [-0.3, -0.25) is 4.79 Å². The maximum Gasteiger partial charge on any atom is 0.250 e. The third-order valence-electron chi connectivity index (χ3n) is 4.36. The molecule has 0 amide bonds. The van der Waals surface area contributed by atoms with E-state index in [1.165, 1.54) is 40.4 Å². The van der Waals surface area contributed by atoms with Gasteiger partial charge in [0.2, 0.25) is 0 Å². The standard InChI is InChI=1S/C16H16N2O/c1-18-14-8-7-13-16(11(14)6-9-15(18)19)10-4-2-3-5-12(10)17-13/h6-9,17H,2-5H2,1H3. The van der Waals surface area contributed by atoms with Crippen molar-refractivity contribution in [3.05, 3.63) is 45.9 Å². The van der Waals surface area contributed by atoms with E-state index >= 15 is 0 Å². The molecule has 2 aromatic heterocycles. The Morgan fingerprint density at radius 2 is 1.95 bits per heavy atom. The second-order valence-electron chi connectivity index (χ2n) is 5.44. The van der Waals surface area contributed by atoms with Crippen LogP contribution >= 0.6 is 0 Å². The zero-order valence-electron chi connectivity index (χ0n) is 11.0. The van der Waals surface area contributed by atoms with Gasteiger partial charge in [0.05, 0.1) is 5.52 Å². The van der Waals surface area contributed by atoms with Crippen LogP contribution in [0.3, 0.4) is 0 Å². The molecule has 1 N–H and O–H groups in total. The number of benzene rings is 1. The van der Waals surface area contributed by atoms with E-state index in [9.17, 15) is 4.79 Å². The van der Waals surface area contributed by atoms with E-state index in [-0.39, 0.29) is 5.56 Å². The van der Waals surface area contributed by atoms with Crippen LogP contribution in [-0.2, 0) is 19.9 Å². The van der Waals surface area contributed by atoms with Crippen LogP contribution in [0.5, 0.6) is 0 Å². The van der Waals surface area contributed by atoms with E-state index < -0.39 is 0 Å². The largest absolute Gasteiger partial charge is 0.358 e. The number of aromatic amines is 1. The lowest BCUT2D eigenvalue weighted by atomic mass is 9.94. The molecule has 0 unspecified atom stereocenters. The Labute approximate surface area is 110 Å². The third-order valence-corrected chi connectivity index (χ3v) is 4.36. The summed E-state index contributed by atoms with van der Waals surface area (Å²) >= 11 is 0. The van der Waals surface area contributed by atoms with E-state index in [2.05, 4.69) is 11.1 Å². The summed E-state index contributed by atoms with van der Waals surface area (Å²) in [5, 5.41) is 2.52. The lowest BCUT2D eigenvalue weighted by Gasteiger charge is -2.11. The summed E-state index contributed by atoms with van der Waals surface area (Å²) in [6.07, 6.45) is 4.84. The Hall–Kier alpha value is -2.03. The average Bonchev–Trinajstić information content (AvgIpc) is 2.81. The number of rotatable bonds is 0. The summed E-state index contributed by atoms with van der Waals surface area (Å²) in [7, 11) is 1.84. The van der Waals surface area contributed by atoms with E-state index in [1.54, 1.807) is 10.6 Å². The molecule has 0 aliphatic heterocycles. The van der Waals surface area contributed by atoms with E-state index in [4.69, 9.17) is 0 Å². The quantitative estimate of drug-likeness (QED) is 0.656. The van der Waals surface area contributed by atoms with Gasteiger partial charge in [-0.1, -0.05) is 0 Å². The van der Waals surface area contributed by atoms with Gasteiger partial charge in [0.15, 0.2) is 0 Å². The molecular weight excluding hydrogens is 236 g/mol. The van der Waals surface area contributed by atoms with E-state index in [0.29, 0.717) is 0 Å². The van der Waals surface area contributed by atoms with Crippen molar-refractivity contribution in [1.82, 2.24) is 9.55 Å². The van der Waals surface area contributed by atoms with Crippen LogP contribution in [0.4, 0.5) is 0 Å². The first-order valence-corrected chi connectivity index (χ1v) is 6.88. The Kier molecular flexibility index (Phi) is 2.13. The minimum Gasteiger partial charge on any atom is -0.358 e. The molecule has 0 saturated carbocycles. The minimum absolute atomic E-state index is 0.0521. The molecule has 3 nitrogen and oxygen atoms in total. The predicted octanol–water partition coefficient (Wildman–Crippen LogP) is 2.90. The minimum atomic E-state index is 0.0521. The fourth-order valence-electron chi connectivity index (χ4n) is 3.37. The Balaban J connectivity index is 2.22. The van der Waals surface area contributed by atoms with Gasteiger partial charge in [0, 0.05) is 35.1 Å². The molecule has 0 atom stereocenters. The molecular formula is C16H16N2O. The van der Waals surface area contributed by atoms with Gasteiger partial charge in [-0.05, 0) is 49.4 Å². The highest BCUT2D eigenvalue weighted by Crippen LogP contribution is 2.33. The van der Waals surface area contributed by atoms with Crippen LogP contribution in [0.1, 0.15) is 24.1 Å². The summed E-state index contributed by atoms with van der Waals surface area (Å²) in [5.41, 5.74) is 5.13. The first-order valence-electron chi connectivity index (χ1n) is 6.88. The lowest BCUT2D eigenvalue weighted by Crippen LogP contribution is -2.15. The van der Waals surface area contributed by atoms with Gasteiger partial charge in [0.1, 0.15) is 0 Å². The maximum atomic E-state index is 11.8. The number of pyridine rings is 1. The highest BCUT2D eigenvalue weighted by Gasteiger charge is 2.17. The molecule has 3 heteroatoms. The molecule has 0 bridgehead atoms. The van der Waals surface area contributed by atoms with Gasteiger partial charge in [-0.15, -0.1) is 0 Å². The molecule has 96 valence electrons. The van der Waals surface area contributed by atoms with Crippen LogP contribution in [0.15, 0.2) is 29.1 Å². The van der Waals surface area contributed by atoms with Gasteiger partial charge < -0.3 is 9.55 Å². The van der Waals surface area contributed by atoms with Crippen LogP contribution in [-0.4, -0.2) is 9.55 Å². The smallest absolute Gasteiger partial charge is 0.250 e. The summed E-state index contributed by atoms with van der Waals surface area (Å²) < 4.78 is 1.73. The maximum absolute atomic E-state index is 11.8. The van der Waals surface area contributed by atoms with Crippen molar-refractivity contribution in [2.45, 2.75) is 25.7 Å². The molecule has 0 saturated heterocycles. The van der Waals surface area contributed by atoms with Crippen molar-refractivity contribution in [2.24, 2.45) is 7.05 Å². The fraction of sp³-hybridized carbons (Fsp3) is 0.312. The second-order valence-corrected chi connectivity index (χ2v) is 5.44. The van der Waals surface area contributed by atoms with Gasteiger partial charge in [0.25, 0.3) is 5.56 Å². The molecule has 1 aliphatic carbocycles. The summed E-state index contributed by atoms with van der Waals surface area (Å²) in [5.74, 6) is 0. The molecule has 0 spiro atoms. The first kappa shape index (κ1) is 10.9. The summed E-state index contributed by atoms with van der Waals surface area (Å²) in [6.45, 7) is 0. The predicted molar refractivity (Wildman–Crippen MR) is 77.7 cm³/mol. The van der Waals surface area contributed by atoms with Crippen LogP contribution in [0, 0.1) is 0 Å².